The van der Waals surface area contributed by atoms with Gasteiger partial charge in [0.05, 0.1) is 11.0 Å². The van der Waals surface area contributed by atoms with Crippen LogP contribution in [0.25, 0.3) is 82.4 Å². The first-order valence-corrected chi connectivity index (χ1v) is 19.9. The largest absolute Gasteiger partial charge is 0.310 e. The number of hydrogen-bond acceptors (Lipinski definition) is 1. The van der Waals surface area contributed by atoms with Crippen molar-refractivity contribution in [3.63, 3.8) is 0 Å². The van der Waals surface area contributed by atoms with Gasteiger partial charge in [0.2, 0.25) is 0 Å². The molecule has 0 amide bonds. The molecule has 0 saturated carbocycles. The number of hydrogen-bond donors (Lipinski definition) is 0. The van der Waals surface area contributed by atoms with Gasteiger partial charge in [0.15, 0.2) is 0 Å². The third kappa shape index (κ3) is 5.91. The summed E-state index contributed by atoms with van der Waals surface area (Å²) in [5.74, 6) is 0. The summed E-state index contributed by atoms with van der Waals surface area (Å²) < 4.78 is 2.37. The Morgan fingerprint density at radius 2 is 0.759 bits per heavy atom. The maximum absolute atomic E-state index is 2.37. The zero-order valence-corrected chi connectivity index (χ0v) is 31.8. The van der Waals surface area contributed by atoms with Gasteiger partial charge in [0, 0.05) is 33.5 Å². The third-order valence-corrected chi connectivity index (χ3v) is 11.6. The molecule has 11 aromatic rings. The van der Waals surface area contributed by atoms with Crippen LogP contribution in [0.3, 0.4) is 0 Å². The minimum atomic E-state index is 1.09. The van der Waals surface area contributed by atoms with Crippen molar-refractivity contribution in [2.24, 2.45) is 0 Å². The highest BCUT2D eigenvalue weighted by molar-refractivity contribution is 6.09. The van der Waals surface area contributed by atoms with Crippen molar-refractivity contribution in [3.05, 3.63) is 231 Å². The van der Waals surface area contributed by atoms with Crippen LogP contribution in [0.4, 0.5) is 17.1 Å². The van der Waals surface area contributed by atoms with E-state index >= 15 is 0 Å². The number of benzene rings is 10. The minimum absolute atomic E-state index is 1.09. The van der Waals surface area contributed by atoms with E-state index in [1.165, 1.54) is 76.7 Å². The molecule has 0 atom stereocenters. The zero-order chi connectivity index (χ0) is 38.4. The quantitative estimate of drug-likeness (QED) is 0.158. The fraction of sp³-hybridized carbons (Fsp3) is 0. The van der Waals surface area contributed by atoms with Crippen molar-refractivity contribution < 1.29 is 0 Å². The molecular formula is C56H38N2. The number of fused-ring (bicyclic) bond motifs is 5. The Kier molecular flexibility index (Phi) is 8.19. The Morgan fingerprint density at radius 1 is 0.276 bits per heavy atom. The summed E-state index contributed by atoms with van der Waals surface area (Å²) in [4.78, 5) is 2.37. The smallest absolute Gasteiger partial charge is 0.0541 e. The highest BCUT2D eigenvalue weighted by atomic mass is 15.1. The lowest BCUT2D eigenvalue weighted by Gasteiger charge is -2.26. The number of para-hydroxylation sites is 2. The van der Waals surface area contributed by atoms with Crippen LogP contribution in [-0.4, -0.2) is 4.57 Å². The number of aromatic nitrogens is 1. The molecule has 0 radical (unpaired) electrons. The van der Waals surface area contributed by atoms with Gasteiger partial charge in [-0.3, -0.25) is 0 Å². The topological polar surface area (TPSA) is 8.17 Å². The lowest BCUT2D eigenvalue weighted by Crippen LogP contribution is -2.10. The first-order chi connectivity index (χ1) is 28.7. The molecule has 0 N–H and O–H groups in total. The zero-order valence-electron chi connectivity index (χ0n) is 31.8. The van der Waals surface area contributed by atoms with E-state index in [4.69, 9.17) is 0 Å². The monoisotopic (exact) mass is 738 g/mol. The van der Waals surface area contributed by atoms with Crippen LogP contribution in [-0.2, 0) is 0 Å². The first-order valence-electron chi connectivity index (χ1n) is 19.9. The van der Waals surface area contributed by atoms with Gasteiger partial charge in [0.25, 0.3) is 0 Å². The maximum Gasteiger partial charge on any atom is 0.0541 e. The van der Waals surface area contributed by atoms with Crippen molar-refractivity contribution in [1.29, 1.82) is 0 Å². The van der Waals surface area contributed by atoms with Crippen LogP contribution in [0, 0.1) is 0 Å². The van der Waals surface area contributed by atoms with Gasteiger partial charge in [0.1, 0.15) is 0 Å². The van der Waals surface area contributed by atoms with Crippen LogP contribution in [0.1, 0.15) is 0 Å². The molecule has 2 heteroatoms. The van der Waals surface area contributed by atoms with Crippen molar-refractivity contribution in [2.45, 2.75) is 0 Å². The fourth-order valence-electron chi connectivity index (χ4n) is 8.70. The summed E-state index contributed by atoms with van der Waals surface area (Å²) in [6, 6.07) is 83.6. The Hall–Kier alpha value is -7.68. The molecule has 0 saturated heterocycles. The van der Waals surface area contributed by atoms with E-state index in [-0.39, 0.29) is 0 Å². The molecule has 0 aliphatic heterocycles. The van der Waals surface area contributed by atoms with E-state index < -0.39 is 0 Å². The molecule has 58 heavy (non-hydrogen) atoms. The Morgan fingerprint density at radius 3 is 1.47 bits per heavy atom. The summed E-state index contributed by atoms with van der Waals surface area (Å²) in [6.07, 6.45) is 0. The van der Waals surface area contributed by atoms with E-state index in [2.05, 4.69) is 240 Å². The summed E-state index contributed by atoms with van der Waals surface area (Å²) >= 11 is 0. The fourth-order valence-corrected chi connectivity index (χ4v) is 8.70. The Bertz CT molecular complexity index is 3190. The van der Waals surface area contributed by atoms with Gasteiger partial charge in [-0.25, -0.2) is 0 Å². The van der Waals surface area contributed by atoms with Crippen LogP contribution in [0.2, 0.25) is 0 Å². The molecule has 272 valence electrons. The molecule has 0 unspecified atom stereocenters. The summed E-state index contributed by atoms with van der Waals surface area (Å²) in [6.45, 7) is 0. The highest BCUT2D eigenvalue weighted by Gasteiger charge is 2.16. The van der Waals surface area contributed by atoms with Crippen molar-refractivity contribution in [2.75, 3.05) is 4.90 Å². The summed E-state index contributed by atoms with van der Waals surface area (Å²) in [7, 11) is 0. The normalized spacial score (nSPS) is 11.4. The first kappa shape index (κ1) is 33.6. The Balaban J connectivity index is 0.975. The number of anilines is 3. The van der Waals surface area contributed by atoms with Crippen LogP contribution >= 0.6 is 0 Å². The van der Waals surface area contributed by atoms with Crippen LogP contribution < -0.4 is 4.90 Å². The molecule has 10 aromatic carbocycles. The lowest BCUT2D eigenvalue weighted by molar-refractivity contribution is 1.17. The van der Waals surface area contributed by atoms with Crippen molar-refractivity contribution in [3.8, 4) is 39.1 Å². The van der Waals surface area contributed by atoms with E-state index in [9.17, 15) is 0 Å². The molecular weight excluding hydrogens is 701 g/mol. The summed E-state index contributed by atoms with van der Waals surface area (Å²) in [5, 5.41) is 7.47. The molecule has 0 spiro atoms. The molecule has 11 rings (SSSR count). The van der Waals surface area contributed by atoms with E-state index in [0.717, 1.165) is 22.7 Å². The SMILES string of the molecule is c1ccc(-c2ccc3cc(N(c4ccc(-c5ccc(-c6cccc7ccccc67)cc5)cc4)c4ccc(-n5c6ccccc6c6ccccc65)cc4)ccc3c2)cc1. The minimum Gasteiger partial charge on any atom is -0.310 e. The highest BCUT2D eigenvalue weighted by Crippen LogP contribution is 2.40. The van der Waals surface area contributed by atoms with E-state index in [1.807, 2.05) is 0 Å². The van der Waals surface area contributed by atoms with Gasteiger partial charge >= 0.3 is 0 Å². The second-order valence-corrected chi connectivity index (χ2v) is 15.0. The molecule has 0 bridgehead atoms. The van der Waals surface area contributed by atoms with Crippen LogP contribution in [0.15, 0.2) is 231 Å². The average Bonchev–Trinajstić information content (AvgIpc) is 3.64. The predicted molar refractivity (Wildman–Crippen MR) is 247 cm³/mol. The van der Waals surface area contributed by atoms with Gasteiger partial charge in [-0.15, -0.1) is 0 Å². The average molecular weight is 739 g/mol. The Labute approximate surface area is 338 Å². The second-order valence-electron chi connectivity index (χ2n) is 15.0. The molecule has 0 fully saturated rings. The number of rotatable bonds is 7. The van der Waals surface area contributed by atoms with E-state index in [0.29, 0.717) is 0 Å². The standard InChI is InChI=1S/C56H38N2/c1-2-11-39(12-3-1)44-25-26-46-38-50(32-29-45(46)37-44)57(48-33-35-49(36-34-48)58-55-19-8-6-16-53(55)54-17-7-9-20-56(54)58)47-30-27-41(28-31-47)40-21-23-43(24-22-40)52-18-10-14-42-13-4-5-15-51(42)52/h1-38H. The lowest BCUT2D eigenvalue weighted by atomic mass is 9.96. The molecule has 0 aliphatic rings. The van der Waals surface area contributed by atoms with Crippen molar-refractivity contribution >= 4 is 60.4 Å². The van der Waals surface area contributed by atoms with Gasteiger partial charge in [-0.2, -0.15) is 0 Å². The maximum atomic E-state index is 2.37. The van der Waals surface area contributed by atoms with Gasteiger partial charge < -0.3 is 9.47 Å². The van der Waals surface area contributed by atoms with Crippen LogP contribution in [0.5, 0.6) is 0 Å². The number of nitrogens with zero attached hydrogens (tertiary/aromatic N) is 2. The van der Waals surface area contributed by atoms with Gasteiger partial charge in [-0.1, -0.05) is 164 Å². The molecule has 1 aromatic heterocycles. The third-order valence-electron chi connectivity index (χ3n) is 11.6. The molecule has 2 nitrogen and oxygen atoms in total. The van der Waals surface area contributed by atoms with E-state index in [1.54, 1.807) is 0 Å². The van der Waals surface area contributed by atoms with Crippen molar-refractivity contribution in [1.82, 2.24) is 4.57 Å². The second kappa shape index (κ2) is 14.1. The predicted octanol–water partition coefficient (Wildman–Crippen LogP) is 15.6. The molecule has 1 heterocycles. The molecule has 0 aliphatic carbocycles. The summed E-state index contributed by atoms with van der Waals surface area (Å²) in [5.41, 5.74) is 14.1. The van der Waals surface area contributed by atoms with Gasteiger partial charge in [-0.05, 0) is 122 Å².